The lowest BCUT2D eigenvalue weighted by Gasteiger charge is -2.09. The third-order valence-corrected chi connectivity index (χ3v) is 5.00. The van der Waals surface area contributed by atoms with Crippen molar-refractivity contribution in [2.75, 3.05) is 0 Å². The molecule has 0 saturated carbocycles. The van der Waals surface area contributed by atoms with Crippen LogP contribution in [-0.2, 0) is 19.3 Å². The van der Waals surface area contributed by atoms with Gasteiger partial charge in [0, 0.05) is 30.6 Å². The SMILES string of the molecule is O=C(NCc1ccc(Cn2ccccc2=O)cc1)c1ccc(-n2ccc(C(F)(F)F)n2)cc1. The molecule has 0 atom stereocenters. The van der Waals surface area contributed by atoms with Gasteiger partial charge in [-0.05, 0) is 47.5 Å². The molecule has 0 unspecified atom stereocenters. The molecule has 0 aliphatic rings. The molecule has 33 heavy (non-hydrogen) atoms. The Morgan fingerprint density at radius 1 is 0.879 bits per heavy atom. The first-order valence-electron chi connectivity index (χ1n) is 10.0. The van der Waals surface area contributed by atoms with Gasteiger partial charge in [-0.2, -0.15) is 18.3 Å². The molecule has 1 N–H and O–H groups in total. The van der Waals surface area contributed by atoms with Crippen molar-refractivity contribution in [3.8, 4) is 5.69 Å². The Labute approximate surface area is 186 Å². The lowest BCUT2D eigenvalue weighted by molar-refractivity contribution is -0.141. The monoisotopic (exact) mass is 452 g/mol. The number of carbonyl (C=O) groups excluding carboxylic acids is 1. The summed E-state index contributed by atoms with van der Waals surface area (Å²) in [6.07, 6.45) is -1.57. The number of hydrogen-bond donors (Lipinski definition) is 1. The summed E-state index contributed by atoms with van der Waals surface area (Å²) in [4.78, 5) is 24.2. The van der Waals surface area contributed by atoms with E-state index in [2.05, 4.69) is 10.4 Å². The minimum atomic E-state index is -4.51. The van der Waals surface area contributed by atoms with Crippen LogP contribution in [0.15, 0.2) is 90.0 Å². The van der Waals surface area contributed by atoms with Gasteiger partial charge in [-0.3, -0.25) is 9.59 Å². The maximum absolute atomic E-state index is 12.7. The highest BCUT2D eigenvalue weighted by Crippen LogP contribution is 2.27. The predicted molar refractivity (Wildman–Crippen MR) is 116 cm³/mol. The summed E-state index contributed by atoms with van der Waals surface area (Å²) in [5.41, 5.74) is 1.58. The molecule has 2 aromatic heterocycles. The highest BCUT2D eigenvalue weighted by molar-refractivity contribution is 5.94. The number of amides is 1. The lowest BCUT2D eigenvalue weighted by Crippen LogP contribution is -2.22. The smallest absolute Gasteiger partial charge is 0.348 e. The molecule has 9 heteroatoms. The van der Waals surface area contributed by atoms with Crippen molar-refractivity contribution in [3.05, 3.63) is 118 Å². The molecule has 0 bridgehead atoms. The minimum Gasteiger partial charge on any atom is -0.348 e. The van der Waals surface area contributed by atoms with Crippen LogP contribution in [0, 0.1) is 0 Å². The van der Waals surface area contributed by atoms with E-state index in [0.717, 1.165) is 21.9 Å². The van der Waals surface area contributed by atoms with Gasteiger partial charge in [-0.25, -0.2) is 4.68 Å². The number of pyridine rings is 1. The number of nitrogens with zero attached hydrogens (tertiary/aromatic N) is 3. The Bertz CT molecular complexity index is 1310. The van der Waals surface area contributed by atoms with E-state index in [9.17, 15) is 22.8 Å². The van der Waals surface area contributed by atoms with E-state index in [1.807, 2.05) is 24.3 Å². The Kier molecular flexibility index (Phi) is 6.12. The maximum atomic E-state index is 12.7. The van der Waals surface area contributed by atoms with Crippen LogP contribution in [0.25, 0.3) is 5.69 Å². The highest BCUT2D eigenvalue weighted by atomic mass is 19.4. The van der Waals surface area contributed by atoms with Gasteiger partial charge in [0.15, 0.2) is 5.69 Å². The molecule has 0 saturated heterocycles. The number of hydrogen-bond acceptors (Lipinski definition) is 3. The first-order valence-corrected chi connectivity index (χ1v) is 10.0. The molecule has 168 valence electrons. The second-order valence-electron chi connectivity index (χ2n) is 7.36. The van der Waals surface area contributed by atoms with Crippen molar-refractivity contribution >= 4 is 5.91 Å². The third-order valence-electron chi connectivity index (χ3n) is 5.00. The van der Waals surface area contributed by atoms with E-state index < -0.39 is 11.9 Å². The summed E-state index contributed by atoms with van der Waals surface area (Å²) in [7, 11) is 0. The first-order chi connectivity index (χ1) is 15.8. The predicted octanol–water partition coefficient (Wildman–Crippen LogP) is 4.03. The van der Waals surface area contributed by atoms with E-state index in [0.29, 0.717) is 24.3 Å². The molecule has 1 amide bonds. The number of nitrogens with one attached hydrogen (secondary N) is 1. The molecule has 4 aromatic rings. The first kappa shape index (κ1) is 22.1. The van der Waals surface area contributed by atoms with Gasteiger partial charge < -0.3 is 9.88 Å². The zero-order chi connectivity index (χ0) is 23.4. The Hall–Kier alpha value is -4.14. The van der Waals surface area contributed by atoms with Gasteiger partial charge >= 0.3 is 6.18 Å². The second-order valence-corrected chi connectivity index (χ2v) is 7.36. The summed E-state index contributed by atoms with van der Waals surface area (Å²) in [6.45, 7) is 0.764. The molecule has 0 aliphatic carbocycles. The van der Waals surface area contributed by atoms with Crippen molar-refractivity contribution in [2.24, 2.45) is 0 Å². The summed E-state index contributed by atoms with van der Waals surface area (Å²) in [6, 6.07) is 19.6. The van der Waals surface area contributed by atoms with Crippen LogP contribution in [0.1, 0.15) is 27.2 Å². The zero-order valence-corrected chi connectivity index (χ0v) is 17.3. The van der Waals surface area contributed by atoms with E-state index >= 15 is 0 Å². The fourth-order valence-corrected chi connectivity index (χ4v) is 3.22. The number of benzene rings is 2. The molecule has 0 fully saturated rings. The van der Waals surface area contributed by atoms with Crippen molar-refractivity contribution < 1.29 is 18.0 Å². The largest absolute Gasteiger partial charge is 0.435 e. The Balaban J connectivity index is 1.34. The number of aromatic nitrogens is 3. The summed E-state index contributed by atoms with van der Waals surface area (Å²) < 4.78 is 40.8. The third kappa shape index (κ3) is 5.38. The zero-order valence-electron chi connectivity index (χ0n) is 17.3. The topological polar surface area (TPSA) is 68.9 Å². The van der Waals surface area contributed by atoms with Gasteiger partial charge in [0.1, 0.15) is 0 Å². The minimum absolute atomic E-state index is 0.0757. The van der Waals surface area contributed by atoms with Crippen molar-refractivity contribution in [1.82, 2.24) is 19.7 Å². The maximum Gasteiger partial charge on any atom is 0.435 e. The quantitative estimate of drug-likeness (QED) is 0.480. The van der Waals surface area contributed by atoms with E-state index in [1.54, 1.807) is 22.9 Å². The Morgan fingerprint density at radius 2 is 1.58 bits per heavy atom. The molecule has 0 aliphatic heterocycles. The number of halogens is 3. The van der Waals surface area contributed by atoms with Gasteiger partial charge in [0.2, 0.25) is 0 Å². The van der Waals surface area contributed by atoms with Crippen LogP contribution in [0.3, 0.4) is 0 Å². The number of alkyl halides is 3. The molecule has 0 spiro atoms. The molecule has 0 radical (unpaired) electrons. The summed E-state index contributed by atoms with van der Waals surface area (Å²) in [5.74, 6) is -0.307. The van der Waals surface area contributed by atoms with E-state index in [4.69, 9.17) is 0 Å². The summed E-state index contributed by atoms with van der Waals surface area (Å²) in [5, 5.41) is 6.32. The van der Waals surface area contributed by atoms with Crippen LogP contribution < -0.4 is 10.9 Å². The lowest BCUT2D eigenvalue weighted by atomic mass is 10.1. The molecular formula is C24H19F3N4O2. The fraction of sp³-hybridized carbons (Fsp3) is 0.125. The molecular weight excluding hydrogens is 433 g/mol. The molecule has 2 heterocycles. The number of rotatable bonds is 6. The van der Waals surface area contributed by atoms with Crippen molar-refractivity contribution in [2.45, 2.75) is 19.3 Å². The van der Waals surface area contributed by atoms with Crippen LogP contribution in [0.5, 0.6) is 0 Å². The Morgan fingerprint density at radius 3 is 2.21 bits per heavy atom. The van der Waals surface area contributed by atoms with Crippen LogP contribution in [0.2, 0.25) is 0 Å². The number of carbonyl (C=O) groups is 1. The second kappa shape index (κ2) is 9.15. The van der Waals surface area contributed by atoms with Crippen molar-refractivity contribution in [1.29, 1.82) is 0 Å². The van der Waals surface area contributed by atoms with Crippen LogP contribution in [-0.4, -0.2) is 20.3 Å². The van der Waals surface area contributed by atoms with Gasteiger partial charge in [-0.1, -0.05) is 30.3 Å². The molecule has 2 aromatic carbocycles. The summed E-state index contributed by atoms with van der Waals surface area (Å²) >= 11 is 0. The van der Waals surface area contributed by atoms with Crippen LogP contribution >= 0.6 is 0 Å². The van der Waals surface area contributed by atoms with Gasteiger partial charge in [-0.15, -0.1) is 0 Å². The van der Waals surface area contributed by atoms with E-state index in [1.165, 1.54) is 36.5 Å². The van der Waals surface area contributed by atoms with Gasteiger partial charge in [0.25, 0.3) is 11.5 Å². The highest BCUT2D eigenvalue weighted by Gasteiger charge is 2.33. The standard InChI is InChI=1S/C24H19F3N4O2/c25-24(26,27)21-12-14-31(29-21)20-10-8-19(9-11-20)23(33)28-15-17-4-6-18(7-5-17)16-30-13-2-1-3-22(30)32/h1-14H,15-16H2,(H,28,33). The fourth-order valence-electron chi connectivity index (χ4n) is 3.22. The van der Waals surface area contributed by atoms with Gasteiger partial charge in [0.05, 0.1) is 12.2 Å². The average Bonchev–Trinajstić information content (AvgIpc) is 3.31. The molecule has 4 rings (SSSR count). The molecule has 6 nitrogen and oxygen atoms in total. The normalized spacial score (nSPS) is 11.4. The average molecular weight is 452 g/mol. The van der Waals surface area contributed by atoms with E-state index in [-0.39, 0.29) is 11.5 Å². The van der Waals surface area contributed by atoms with Crippen LogP contribution in [0.4, 0.5) is 13.2 Å². The van der Waals surface area contributed by atoms with Crippen molar-refractivity contribution in [3.63, 3.8) is 0 Å².